The van der Waals surface area contributed by atoms with E-state index in [-0.39, 0.29) is 11.9 Å². The van der Waals surface area contributed by atoms with Gasteiger partial charge < -0.3 is 5.73 Å². The zero-order valence-electron chi connectivity index (χ0n) is 10.6. The topological polar surface area (TPSA) is 26.0 Å². The molecule has 0 saturated heterocycles. The molecule has 2 aromatic rings. The molecule has 0 spiro atoms. The second-order valence-corrected chi connectivity index (χ2v) is 6.24. The first-order valence-electron chi connectivity index (χ1n) is 6.47. The van der Waals surface area contributed by atoms with Gasteiger partial charge in [0.05, 0.1) is 0 Å². The minimum atomic E-state index is -0.194. The van der Waals surface area contributed by atoms with Crippen molar-refractivity contribution in [2.75, 3.05) is 0 Å². The lowest BCUT2D eigenvalue weighted by Gasteiger charge is -2.18. The molecule has 1 nitrogen and oxygen atoms in total. The summed E-state index contributed by atoms with van der Waals surface area (Å²) < 4.78 is 12.9. The fourth-order valence-corrected chi connectivity index (χ4v) is 3.79. The Morgan fingerprint density at radius 3 is 2.63 bits per heavy atom. The average molecular weight is 273 g/mol. The summed E-state index contributed by atoms with van der Waals surface area (Å²) in [6, 6.07) is 15.2. The molecule has 3 heteroatoms. The molecular weight excluding hydrogens is 257 g/mol. The highest BCUT2D eigenvalue weighted by atomic mass is 32.2. The highest BCUT2D eigenvalue weighted by Gasteiger charge is 2.27. The first kappa shape index (κ1) is 12.7. The molecule has 2 unspecified atom stereocenters. The highest BCUT2D eigenvalue weighted by Crippen LogP contribution is 2.38. The molecule has 0 radical (unpaired) electrons. The minimum absolute atomic E-state index is 0.0999. The van der Waals surface area contributed by atoms with Crippen LogP contribution >= 0.6 is 11.8 Å². The third kappa shape index (κ3) is 2.82. The molecule has 0 amide bonds. The van der Waals surface area contributed by atoms with E-state index in [9.17, 15) is 4.39 Å². The van der Waals surface area contributed by atoms with E-state index >= 15 is 0 Å². The number of nitrogens with two attached hydrogens (primary N) is 1. The number of thioether (sulfide) groups is 1. The van der Waals surface area contributed by atoms with Crippen molar-refractivity contribution in [2.24, 2.45) is 5.73 Å². The molecule has 0 saturated carbocycles. The van der Waals surface area contributed by atoms with Crippen molar-refractivity contribution in [3.8, 4) is 0 Å². The zero-order valence-corrected chi connectivity index (χ0v) is 11.4. The van der Waals surface area contributed by atoms with Gasteiger partial charge in [-0.05, 0) is 42.2 Å². The van der Waals surface area contributed by atoms with E-state index in [1.807, 2.05) is 23.9 Å². The highest BCUT2D eigenvalue weighted by molar-refractivity contribution is 8.00. The summed E-state index contributed by atoms with van der Waals surface area (Å²) in [7, 11) is 0. The summed E-state index contributed by atoms with van der Waals surface area (Å²) in [5.41, 5.74) is 8.81. The Bertz CT molecular complexity index is 542. The molecule has 1 aliphatic rings. The Morgan fingerprint density at radius 1 is 1.16 bits per heavy atom. The number of rotatable bonds is 3. The van der Waals surface area contributed by atoms with Gasteiger partial charge in [0.1, 0.15) is 5.82 Å². The number of hydrogen-bond donors (Lipinski definition) is 1. The van der Waals surface area contributed by atoms with Gasteiger partial charge in [-0.3, -0.25) is 0 Å². The van der Waals surface area contributed by atoms with E-state index in [1.54, 1.807) is 0 Å². The van der Waals surface area contributed by atoms with Crippen molar-refractivity contribution < 1.29 is 4.39 Å². The van der Waals surface area contributed by atoms with Gasteiger partial charge in [0, 0.05) is 16.2 Å². The van der Waals surface area contributed by atoms with Gasteiger partial charge >= 0.3 is 0 Å². The smallest absolute Gasteiger partial charge is 0.123 e. The fraction of sp³-hybridized carbons (Fsp3) is 0.250. The summed E-state index contributed by atoms with van der Waals surface area (Å²) in [5.74, 6) is -0.194. The number of halogens is 1. The minimum Gasteiger partial charge on any atom is -0.326 e. The average Bonchev–Trinajstić information content (AvgIpc) is 2.85. The van der Waals surface area contributed by atoms with Crippen LogP contribution in [0.15, 0.2) is 53.4 Å². The SMILES string of the molecule is NC(Cc1ccc(F)cc1)C1Cc2ccccc2S1. The van der Waals surface area contributed by atoms with Crippen molar-refractivity contribution in [3.05, 3.63) is 65.5 Å². The van der Waals surface area contributed by atoms with E-state index in [4.69, 9.17) is 5.73 Å². The quantitative estimate of drug-likeness (QED) is 0.927. The van der Waals surface area contributed by atoms with Gasteiger partial charge in [-0.25, -0.2) is 4.39 Å². The maximum atomic E-state index is 12.9. The van der Waals surface area contributed by atoms with Crippen LogP contribution in [0.25, 0.3) is 0 Å². The Labute approximate surface area is 117 Å². The van der Waals surface area contributed by atoms with Gasteiger partial charge in [0.15, 0.2) is 0 Å². The summed E-state index contributed by atoms with van der Waals surface area (Å²) >= 11 is 1.87. The van der Waals surface area contributed by atoms with Crippen LogP contribution in [0, 0.1) is 5.82 Å². The number of hydrogen-bond acceptors (Lipinski definition) is 2. The second-order valence-electron chi connectivity index (χ2n) is 4.96. The van der Waals surface area contributed by atoms with Crippen LogP contribution in [0.3, 0.4) is 0 Å². The van der Waals surface area contributed by atoms with E-state index in [0.717, 1.165) is 18.4 Å². The van der Waals surface area contributed by atoms with Crippen molar-refractivity contribution in [1.29, 1.82) is 0 Å². The largest absolute Gasteiger partial charge is 0.326 e. The fourth-order valence-electron chi connectivity index (χ4n) is 2.47. The lowest BCUT2D eigenvalue weighted by atomic mass is 9.99. The summed E-state index contributed by atoms with van der Waals surface area (Å²) in [5, 5.41) is 0.419. The van der Waals surface area contributed by atoms with Crippen LogP contribution in [-0.4, -0.2) is 11.3 Å². The normalized spacial score (nSPS) is 19.2. The van der Waals surface area contributed by atoms with E-state index in [0.29, 0.717) is 5.25 Å². The lowest BCUT2D eigenvalue weighted by molar-refractivity contribution is 0.618. The van der Waals surface area contributed by atoms with Gasteiger partial charge in [0.2, 0.25) is 0 Å². The van der Waals surface area contributed by atoms with Crippen LogP contribution in [-0.2, 0) is 12.8 Å². The summed E-state index contributed by atoms with van der Waals surface area (Å²) in [6.07, 6.45) is 1.83. The molecule has 2 N–H and O–H groups in total. The van der Waals surface area contributed by atoms with Crippen molar-refractivity contribution in [1.82, 2.24) is 0 Å². The Balaban J connectivity index is 1.66. The summed E-state index contributed by atoms with van der Waals surface area (Å²) in [6.45, 7) is 0. The molecule has 1 heterocycles. The van der Waals surface area contributed by atoms with Crippen LogP contribution in [0.1, 0.15) is 11.1 Å². The zero-order chi connectivity index (χ0) is 13.2. The van der Waals surface area contributed by atoms with Crippen LogP contribution in [0.5, 0.6) is 0 Å². The maximum Gasteiger partial charge on any atom is 0.123 e. The van der Waals surface area contributed by atoms with Crippen molar-refractivity contribution >= 4 is 11.8 Å². The lowest BCUT2D eigenvalue weighted by Crippen LogP contribution is -2.34. The van der Waals surface area contributed by atoms with Crippen molar-refractivity contribution in [2.45, 2.75) is 29.0 Å². The summed E-state index contributed by atoms with van der Waals surface area (Å²) in [4.78, 5) is 1.35. The van der Waals surface area contributed by atoms with Gasteiger partial charge in [-0.2, -0.15) is 0 Å². The molecule has 0 aromatic heterocycles. The monoisotopic (exact) mass is 273 g/mol. The first-order chi connectivity index (χ1) is 9.22. The predicted molar refractivity (Wildman–Crippen MR) is 77.9 cm³/mol. The molecule has 2 atom stereocenters. The molecule has 0 aliphatic carbocycles. The Hall–Kier alpha value is -1.32. The molecule has 3 rings (SSSR count). The molecule has 2 aromatic carbocycles. The van der Waals surface area contributed by atoms with E-state index in [2.05, 4.69) is 24.3 Å². The Morgan fingerprint density at radius 2 is 1.89 bits per heavy atom. The Kier molecular flexibility index (Phi) is 3.58. The predicted octanol–water partition coefficient (Wildman–Crippen LogP) is 3.41. The maximum absolute atomic E-state index is 12.9. The van der Waals surface area contributed by atoms with Gasteiger partial charge in [-0.1, -0.05) is 30.3 Å². The molecule has 1 aliphatic heterocycles. The van der Waals surface area contributed by atoms with Crippen molar-refractivity contribution in [3.63, 3.8) is 0 Å². The first-order valence-corrected chi connectivity index (χ1v) is 7.35. The van der Waals surface area contributed by atoms with Gasteiger partial charge in [-0.15, -0.1) is 11.8 Å². The number of fused-ring (bicyclic) bond motifs is 1. The molecule has 0 bridgehead atoms. The van der Waals surface area contributed by atoms with E-state index < -0.39 is 0 Å². The van der Waals surface area contributed by atoms with Crippen LogP contribution < -0.4 is 5.73 Å². The standard InChI is InChI=1S/C16H16FNS/c17-13-7-5-11(6-8-13)9-14(18)16-10-12-3-1-2-4-15(12)19-16/h1-8,14,16H,9-10,18H2. The van der Waals surface area contributed by atoms with Crippen LogP contribution in [0.4, 0.5) is 4.39 Å². The molecule has 0 fully saturated rings. The number of benzene rings is 2. The third-order valence-corrected chi connectivity index (χ3v) is 5.01. The van der Waals surface area contributed by atoms with E-state index in [1.165, 1.54) is 22.6 Å². The van der Waals surface area contributed by atoms with Crippen LogP contribution in [0.2, 0.25) is 0 Å². The van der Waals surface area contributed by atoms with Gasteiger partial charge in [0.25, 0.3) is 0 Å². The molecule has 98 valence electrons. The molecular formula is C16H16FNS. The second kappa shape index (κ2) is 5.35. The third-order valence-electron chi connectivity index (χ3n) is 3.53. The molecule has 19 heavy (non-hydrogen) atoms.